The number of carbonyl (C=O) groups is 1. The van der Waals surface area contributed by atoms with Gasteiger partial charge in [-0.3, -0.25) is 5.32 Å². The summed E-state index contributed by atoms with van der Waals surface area (Å²) in [4.78, 5) is 12.4. The van der Waals surface area contributed by atoms with Gasteiger partial charge in [0.25, 0.3) is 0 Å². The zero-order valence-electron chi connectivity index (χ0n) is 18.0. The molecule has 0 amide bonds. The first-order valence-electron chi connectivity index (χ1n) is 9.86. The quantitative estimate of drug-likeness (QED) is 0.556. The molecule has 0 radical (unpaired) electrons. The molecule has 4 atom stereocenters. The third kappa shape index (κ3) is 7.15. The van der Waals surface area contributed by atoms with Crippen LogP contribution in [0.5, 0.6) is 11.5 Å². The lowest BCUT2D eigenvalue weighted by Crippen LogP contribution is -2.42. The van der Waals surface area contributed by atoms with E-state index in [1.54, 1.807) is 31.4 Å². The van der Waals surface area contributed by atoms with E-state index in [0.717, 1.165) is 5.75 Å². The van der Waals surface area contributed by atoms with Crippen molar-refractivity contribution in [1.82, 2.24) is 5.32 Å². The molecule has 8 nitrogen and oxygen atoms in total. The van der Waals surface area contributed by atoms with Crippen molar-refractivity contribution < 1.29 is 33.2 Å². The maximum absolute atomic E-state index is 12.4. The molecule has 0 unspecified atom stereocenters. The van der Waals surface area contributed by atoms with E-state index < -0.39 is 30.6 Å². The van der Waals surface area contributed by atoms with Gasteiger partial charge in [-0.05, 0) is 44.0 Å². The van der Waals surface area contributed by atoms with Gasteiger partial charge in [-0.15, -0.1) is 0 Å². The number of hydrogen-bond acceptors (Lipinski definition) is 8. The first kappa shape index (κ1) is 23.4. The van der Waals surface area contributed by atoms with Crippen LogP contribution in [0.1, 0.15) is 27.7 Å². The molecule has 1 saturated heterocycles. The van der Waals surface area contributed by atoms with E-state index in [1.807, 2.05) is 13.8 Å². The van der Waals surface area contributed by atoms with Gasteiger partial charge < -0.3 is 28.4 Å². The van der Waals surface area contributed by atoms with Crippen LogP contribution in [-0.2, 0) is 23.7 Å². The molecule has 0 saturated carbocycles. The van der Waals surface area contributed by atoms with E-state index in [9.17, 15) is 4.79 Å². The molecule has 0 aromatic heterocycles. The maximum Gasteiger partial charge on any atom is 0.344 e. The predicted molar refractivity (Wildman–Crippen MR) is 107 cm³/mol. The van der Waals surface area contributed by atoms with Gasteiger partial charge in [0.15, 0.2) is 12.7 Å². The number of carbonyl (C=O) groups excluding carboxylic acids is 1. The van der Waals surface area contributed by atoms with Crippen molar-refractivity contribution in [2.24, 2.45) is 5.92 Å². The topological polar surface area (TPSA) is 84.5 Å². The highest BCUT2D eigenvalue weighted by Crippen LogP contribution is 2.24. The Morgan fingerprint density at radius 2 is 1.48 bits per heavy atom. The Balaban J connectivity index is 1.89. The van der Waals surface area contributed by atoms with Crippen molar-refractivity contribution in [3.63, 3.8) is 0 Å². The van der Waals surface area contributed by atoms with E-state index in [1.165, 1.54) is 7.11 Å². The van der Waals surface area contributed by atoms with Crippen molar-refractivity contribution in [3.05, 3.63) is 24.3 Å². The van der Waals surface area contributed by atoms with Crippen LogP contribution in [0.25, 0.3) is 0 Å². The fourth-order valence-electron chi connectivity index (χ4n) is 2.92. The number of esters is 1. The minimum atomic E-state index is -0.657. The Bertz CT molecular complexity index is 620. The Morgan fingerprint density at radius 3 is 2.00 bits per heavy atom. The van der Waals surface area contributed by atoms with Gasteiger partial charge in [0.05, 0.1) is 12.7 Å². The SMILES string of the molecule is CO[C@H]1N[C@@H](OC)[C@H](OC(C)C)[C@@H]1OC(=O)COc1ccc(OCC(C)C)cc1. The molecule has 0 aliphatic carbocycles. The van der Waals surface area contributed by atoms with Gasteiger partial charge in [0, 0.05) is 14.2 Å². The molecule has 1 aliphatic rings. The van der Waals surface area contributed by atoms with Crippen LogP contribution in [0.3, 0.4) is 0 Å². The summed E-state index contributed by atoms with van der Waals surface area (Å²) in [7, 11) is 3.09. The van der Waals surface area contributed by atoms with Gasteiger partial charge in [0.2, 0.25) is 0 Å². The van der Waals surface area contributed by atoms with Crippen molar-refractivity contribution in [1.29, 1.82) is 0 Å². The molecule has 29 heavy (non-hydrogen) atoms. The van der Waals surface area contributed by atoms with Crippen molar-refractivity contribution in [2.75, 3.05) is 27.4 Å². The maximum atomic E-state index is 12.4. The van der Waals surface area contributed by atoms with Crippen LogP contribution in [0.15, 0.2) is 24.3 Å². The molecule has 0 spiro atoms. The van der Waals surface area contributed by atoms with E-state index in [2.05, 4.69) is 19.2 Å². The zero-order chi connectivity index (χ0) is 21.4. The van der Waals surface area contributed by atoms with Gasteiger partial charge in [0.1, 0.15) is 30.1 Å². The molecule has 1 aromatic carbocycles. The molecule has 2 rings (SSSR count). The van der Waals surface area contributed by atoms with Crippen LogP contribution in [0, 0.1) is 5.92 Å². The molecular weight excluding hydrogens is 378 g/mol. The number of ether oxygens (including phenoxy) is 6. The second-order valence-electron chi connectivity index (χ2n) is 7.55. The summed E-state index contributed by atoms with van der Waals surface area (Å²) < 4.78 is 33.4. The van der Waals surface area contributed by atoms with E-state index in [4.69, 9.17) is 28.4 Å². The minimum absolute atomic E-state index is 0.0658. The predicted octanol–water partition coefficient (Wildman–Crippen LogP) is 2.35. The smallest absolute Gasteiger partial charge is 0.344 e. The van der Waals surface area contributed by atoms with Crippen LogP contribution in [0.4, 0.5) is 0 Å². The zero-order valence-corrected chi connectivity index (χ0v) is 18.0. The third-order valence-electron chi connectivity index (χ3n) is 4.22. The van der Waals surface area contributed by atoms with Crippen molar-refractivity contribution >= 4 is 5.97 Å². The van der Waals surface area contributed by atoms with Gasteiger partial charge in [-0.2, -0.15) is 0 Å². The summed E-state index contributed by atoms with van der Waals surface area (Å²) in [5, 5.41) is 3.10. The summed E-state index contributed by atoms with van der Waals surface area (Å²) in [6.07, 6.45) is -2.20. The summed E-state index contributed by atoms with van der Waals surface area (Å²) >= 11 is 0. The van der Waals surface area contributed by atoms with Crippen molar-refractivity contribution in [3.8, 4) is 11.5 Å². The molecule has 1 aliphatic heterocycles. The van der Waals surface area contributed by atoms with Crippen LogP contribution >= 0.6 is 0 Å². The first-order valence-corrected chi connectivity index (χ1v) is 9.86. The van der Waals surface area contributed by atoms with E-state index in [-0.39, 0.29) is 12.7 Å². The Morgan fingerprint density at radius 1 is 0.931 bits per heavy atom. The molecule has 1 aromatic rings. The highest BCUT2D eigenvalue weighted by atomic mass is 16.6. The second-order valence-corrected chi connectivity index (χ2v) is 7.55. The second kappa shape index (κ2) is 11.3. The molecule has 8 heteroatoms. The van der Waals surface area contributed by atoms with E-state index >= 15 is 0 Å². The Kier molecular flexibility index (Phi) is 9.16. The average Bonchev–Trinajstić information content (AvgIpc) is 3.01. The van der Waals surface area contributed by atoms with Crippen molar-refractivity contribution in [2.45, 2.75) is 58.5 Å². The number of methoxy groups -OCH3 is 2. The van der Waals surface area contributed by atoms with Crippen LogP contribution in [-0.4, -0.2) is 64.2 Å². The number of hydrogen-bond donors (Lipinski definition) is 1. The minimum Gasteiger partial charge on any atom is -0.493 e. The number of rotatable bonds is 11. The lowest BCUT2D eigenvalue weighted by atomic mass is 10.2. The van der Waals surface area contributed by atoms with Gasteiger partial charge in [-0.1, -0.05) is 13.8 Å². The fraction of sp³-hybridized carbons (Fsp3) is 0.667. The number of benzene rings is 1. The Labute approximate surface area is 172 Å². The normalized spacial score (nSPS) is 24.1. The first-order chi connectivity index (χ1) is 13.8. The molecule has 164 valence electrons. The van der Waals surface area contributed by atoms with Crippen LogP contribution < -0.4 is 14.8 Å². The number of nitrogens with one attached hydrogen (secondary N) is 1. The molecular formula is C21H33NO7. The molecule has 0 bridgehead atoms. The van der Waals surface area contributed by atoms with Gasteiger partial charge in [-0.25, -0.2) is 4.79 Å². The van der Waals surface area contributed by atoms with Crippen LogP contribution in [0.2, 0.25) is 0 Å². The largest absolute Gasteiger partial charge is 0.493 e. The fourth-order valence-corrected chi connectivity index (χ4v) is 2.92. The summed E-state index contributed by atoms with van der Waals surface area (Å²) in [6, 6.07) is 7.12. The highest BCUT2D eigenvalue weighted by molar-refractivity contribution is 5.71. The lowest BCUT2D eigenvalue weighted by Gasteiger charge is -2.26. The summed E-state index contributed by atoms with van der Waals surface area (Å²) in [5.74, 6) is 1.24. The monoisotopic (exact) mass is 411 g/mol. The van der Waals surface area contributed by atoms with E-state index in [0.29, 0.717) is 18.3 Å². The highest BCUT2D eigenvalue weighted by Gasteiger charge is 2.47. The summed E-state index contributed by atoms with van der Waals surface area (Å²) in [6.45, 7) is 8.40. The standard InChI is InChI=1S/C21H33NO7/c1-13(2)11-26-15-7-9-16(10-8-15)27-12-17(23)29-19-18(28-14(3)4)20(24-5)22-21(19)25-6/h7-10,13-14,18-22H,11-12H2,1-6H3/t18-,19+,20+,21-/m1/s1. The third-order valence-corrected chi connectivity index (χ3v) is 4.22. The molecule has 1 fully saturated rings. The summed E-state index contributed by atoms with van der Waals surface area (Å²) in [5.41, 5.74) is 0. The lowest BCUT2D eigenvalue weighted by molar-refractivity contribution is -0.172. The average molecular weight is 411 g/mol. The molecule has 1 heterocycles. The molecule has 1 N–H and O–H groups in total. The Hall–Kier alpha value is -1.87. The van der Waals surface area contributed by atoms with Gasteiger partial charge >= 0.3 is 5.97 Å².